The predicted molar refractivity (Wildman–Crippen MR) is 64.0 cm³/mol. The summed E-state index contributed by atoms with van der Waals surface area (Å²) in [6.07, 6.45) is 0.454. The Kier molecular flexibility index (Phi) is 3.97. The molecule has 0 radical (unpaired) electrons. The van der Waals surface area contributed by atoms with E-state index in [0.717, 1.165) is 0 Å². The van der Waals surface area contributed by atoms with E-state index in [1.54, 1.807) is 7.11 Å². The van der Waals surface area contributed by atoms with Crippen molar-refractivity contribution in [2.45, 2.75) is 52.2 Å². The molecular weight excluding hydrogens is 204 g/mol. The summed E-state index contributed by atoms with van der Waals surface area (Å²) in [6, 6.07) is 0.183. The van der Waals surface area contributed by atoms with E-state index in [2.05, 4.69) is 13.8 Å². The molecule has 0 unspecified atom stereocenters. The predicted octanol–water partition coefficient (Wildman–Crippen LogP) is 0.996. The summed E-state index contributed by atoms with van der Waals surface area (Å²) in [7, 11) is 1.68. The number of rotatable bonds is 4. The van der Waals surface area contributed by atoms with Crippen LogP contribution >= 0.6 is 0 Å². The van der Waals surface area contributed by atoms with Gasteiger partial charge >= 0.3 is 0 Å². The first-order chi connectivity index (χ1) is 7.31. The standard InChI is InChI=1S/C12H24N2O2/c1-8(2)14-10(15)6-9(13)11(14)12(3,4)7-16-5/h8-9,11H,6-7,13H2,1-5H3/t9-,11-/m1/s1. The molecule has 0 bridgehead atoms. The second kappa shape index (κ2) is 4.72. The second-order valence-electron chi connectivity index (χ2n) is 5.63. The summed E-state index contributed by atoms with van der Waals surface area (Å²) < 4.78 is 5.24. The third-order valence-electron chi connectivity index (χ3n) is 3.28. The van der Waals surface area contributed by atoms with Gasteiger partial charge in [0.1, 0.15) is 0 Å². The number of hydrogen-bond acceptors (Lipinski definition) is 3. The highest BCUT2D eigenvalue weighted by molar-refractivity contribution is 5.80. The summed E-state index contributed by atoms with van der Waals surface area (Å²) in [6.45, 7) is 8.89. The molecule has 1 fully saturated rings. The first kappa shape index (κ1) is 13.5. The molecule has 2 N–H and O–H groups in total. The van der Waals surface area contributed by atoms with Crippen LogP contribution in [0.5, 0.6) is 0 Å². The Labute approximate surface area is 98.1 Å². The lowest BCUT2D eigenvalue weighted by molar-refractivity contribution is -0.133. The minimum absolute atomic E-state index is 0.0694. The van der Waals surface area contributed by atoms with Gasteiger partial charge in [0, 0.05) is 31.0 Å². The van der Waals surface area contributed by atoms with Crippen molar-refractivity contribution in [1.29, 1.82) is 0 Å². The molecule has 94 valence electrons. The Hall–Kier alpha value is -0.610. The fourth-order valence-electron chi connectivity index (χ4n) is 2.80. The summed E-state index contributed by atoms with van der Waals surface area (Å²) in [4.78, 5) is 13.8. The van der Waals surface area contributed by atoms with Crippen molar-refractivity contribution >= 4 is 5.91 Å². The topological polar surface area (TPSA) is 55.6 Å². The van der Waals surface area contributed by atoms with Gasteiger partial charge in [-0.2, -0.15) is 0 Å². The smallest absolute Gasteiger partial charge is 0.224 e. The molecule has 1 aliphatic rings. The molecule has 0 saturated carbocycles. The van der Waals surface area contributed by atoms with Gasteiger partial charge in [0.05, 0.1) is 12.6 Å². The number of carbonyl (C=O) groups is 1. The van der Waals surface area contributed by atoms with Gasteiger partial charge in [-0.25, -0.2) is 0 Å². The van der Waals surface area contributed by atoms with E-state index in [1.165, 1.54) is 0 Å². The zero-order chi connectivity index (χ0) is 12.5. The van der Waals surface area contributed by atoms with Crippen LogP contribution in [0, 0.1) is 5.41 Å². The van der Waals surface area contributed by atoms with Gasteiger partial charge < -0.3 is 15.4 Å². The molecule has 0 spiro atoms. The second-order valence-corrected chi connectivity index (χ2v) is 5.63. The maximum absolute atomic E-state index is 11.9. The third kappa shape index (κ3) is 2.38. The van der Waals surface area contributed by atoms with Gasteiger partial charge in [0.15, 0.2) is 0 Å². The first-order valence-electron chi connectivity index (χ1n) is 5.87. The average molecular weight is 228 g/mol. The summed E-state index contributed by atoms with van der Waals surface area (Å²) in [5.41, 5.74) is 5.99. The van der Waals surface area contributed by atoms with Crippen molar-refractivity contribution in [2.24, 2.45) is 11.1 Å². The van der Waals surface area contributed by atoms with Gasteiger partial charge in [-0.15, -0.1) is 0 Å². The monoisotopic (exact) mass is 228 g/mol. The maximum Gasteiger partial charge on any atom is 0.224 e. The van der Waals surface area contributed by atoms with Crippen LogP contribution in [0.25, 0.3) is 0 Å². The normalized spacial score (nSPS) is 26.9. The van der Waals surface area contributed by atoms with E-state index in [1.807, 2.05) is 18.7 Å². The Morgan fingerprint density at radius 1 is 1.56 bits per heavy atom. The number of methoxy groups -OCH3 is 1. The molecule has 0 aromatic rings. The van der Waals surface area contributed by atoms with E-state index in [9.17, 15) is 4.79 Å². The molecule has 0 aromatic heterocycles. The molecule has 0 aliphatic carbocycles. The quantitative estimate of drug-likeness (QED) is 0.781. The molecule has 1 amide bonds. The van der Waals surface area contributed by atoms with Crippen LogP contribution in [0.1, 0.15) is 34.1 Å². The van der Waals surface area contributed by atoms with Crippen molar-refractivity contribution < 1.29 is 9.53 Å². The van der Waals surface area contributed by atoms with Crippen molar-refractivity contribution in [3.63, 3.8) is 0 Å². The molecule has 0 aromatic carbocycles. The molecule has 2 atom stereocenters. The van der Waals surface area contributed by atoms with Gasteiger partial charge in [-0.05, 0) is 13.8 Å². The number of likely N-dealkylation sites (tertiary alicyclic amines) is 1. The highest BCUT2D eigenvalue weighted by Gasteiger charge is 2.47. The largest absolute Gasteiger partial charge is 0.384 e. The number of nitrogens with zero attached hydrogens (tertiary/aromatic N) is 1. The molecular formula is C12H24N2O2. The van der Waals surface area contributed by atoms with Crippen molar-refractivity contribution in [3.05, 3.63) is 0 Å². The van der Waals surface area contributed by atoms with Gasteiger partial charge in [-0.3, -0.25) is 4.79 Å². The molecule has 1 rings (SSSR count). The van der Waals surface area contributed by atoms with Crippen LogP contribution in [-0.4, -0.2) is 42.6 Å². The van der Waals surface area contributed by atoms with E-state index in [0.29, 0.717) is 13.0 Å². The molecule has 1 saturated heterocycles. The summed E-state index contributed by atoms with van der Waals surface area (Å²) in [5, 5.41) is 0. The molecule has 1 aliphatic heterocycles. The van der Waals surface area contributed by atoms with E-state index in [4.69, 9.17) is 10.5 Å². The van der Waals surface area contributed by atoms with Crippen molar-refractivity contribution in [2.75, 3.05) is 13.7 Å². The minimum atomic E-state index is -0.107. The van der Waals surface area contributed by atoms with Crippen LogP contribution in [-0.2, 0) is 9.53 Å². The highest BCUT2D eigenvalue weighted by atomic mass is 16.5. The lowest BCUT2D eigenvalue weighted by atomic mass is 9.81. The molecule has 1 heterocycles. The van der Waals surface area contributed by atoms with Crippen molar-refractivity contribution in [1.82, 2.24) is 4.90 Å². The molecule has 4 heteroatoms. The fraction of sp³-hybridized carbons (Fsp3) is 0.917. The Bertz CT molecular complexity index is 264. The Morgan fingerprint density at radius 2 is 2.12 bits per heavy atom. The van der Waals surface area contributed by atoms with Gasteiger partial charge in [0.2, 0.25) is 5.91 Å². The fourth-order valence-corrected chi connectivity index (χ4v) is 2.80. The lowest BCUT2D eigenvalue weighted by Crippen LogP contribution is -2.53. The summed E-state index contributed by atoms with van der Waals surface area (Å²) >= 11 is 0. The van der Waals surface area contributed by atoms with Crippen molar-refractivity contribution in [3.8, 4) is 0 Å². The number of hydrogen-bond donors (Lipinski definition) is 1. The SMILES string of the molecule is COCC(C)(C)[C@H]1[C@H](N)CC(=O)N1C(C)C. The lowest BCUT2D eigenvalue weighted by Gasteiger charge is -2.41. The van der Waals surface area contributed by atoms with Gasteiger partial charge in [0.25, 0.3) is 0 Å². The van der Waals surface area contributed by atoms with Gasteiger partial charge in [-0.1, -0.05) is 13.8 Å². The zero-order valence-electron chi connectivity index (χ0n) is 11.0. The third-order valence-corrected chi connectivity index (χ3v) is 3.28. The van der Waals surface area contributed by atoms with E-state index >= 15 is 0 Å². The maximum atomic E-state index is 11.9. The number of amides is 1. The number of nitrogens with two attached hydrogens (primary N) is 1. The van der Waals surface area contributed by atoms with Crippen LogP contribution < -0.4 is 5.73 Å². The van der Waals surface area contributed by atoms with Crippen LogP contribution in [0.4, 0.5) is 0 Å². The molecule has 4 nitrogen and oxygen atoms in total. The zero-order valence-corrected chi connectivity index (χ0v) is 11.0. The Balaban J connectivity index is 2.94. The summed E-state index contributed by atoms with van der Waals surface area (Å²) in [5.74, 6) is 0.164. The average Bonchev–Trinajstić information content (AvgIpc) is 2.41. The van der Waals surface area contributed by atoms with Crippen LogP contribution in [0.2, 0.25) is 0 Å². The minimum Gasteiger partial charge on any atom is -0.384 e. The number of carbonyl (C=O) groups excluding carboxylic acids is 1. The highest BCUT2D eigenvalue weighted by Crippen LogP contribution is 2.34. The van der Waals surface area contributed by atoms with E-state index < -0.39 is 0 Å². The number of ether oxygens (including phenoxy) is 1. The van der Waals surface area contributed by atoms with Crippen LogP contribution in [0.3, 0.4) is 0 Å². The van der Waals surface area contributed by atoms with Crippen LogP contribution in [0.15, 0.2) is 0 Å². The first-order valence-corrected chi connectivity index (χ1v) is 5.87. The Morgan fingerprint density at radius 3 is 2.56 bits per heavy atom. The molecule has 16 heavy (non-hydrogen) atoms. The van der Waals surface area contributed by atoms with E-state index in [-0.39, 0.29) is 29.4 Å².